The molecule has 9 heteroatoms. The lowest BCUT2D eigenvalue weighted by Crippen LogP contribution is -2.40. The van der Waals surface area contributed by atoms with Gasteiger partial charge in [0.15, 0.2) is 23.6 Å². The van der Waals surface area contributed by atoms with Crippen LogP contribution in [0.2, 0.25) is 5.02 Å². The second-order valence-electron chi connectivity index (χ2n) is 5.48. The average Bonchev–Trinajstić information content (AvgIpc) is 2.64. The maximum atomic E-state index is 13.5. The SMILES string of the molecule is CC(Oc1ccc(Cl)cc1)C(=O)NCCNC(=O)c1ccc(F)c(F)c1F. The Kier molecular flexibility index (Phi) is 7.06. The number of carbonyl (C=O) groups is 2. The molecule has 2 aromatic rings. The first kappa shape index (κ1) is 20.6. The van der Waals surface area contributed by atoms with Crippen LogP contribution in [0.5, 0.6) is 5.75 Å². The Hall–Kier alpha value is -2.74. The summed E-state index contributed by atoms with van der Waals surface area (Å²) in [5.74, 6) is -5.56. The van der Waals surface area contributed by atoms with Gasteiger partial charge in [0.25, 0.3) is 11.8 Å². The summed E-state index contributed by atoms with van der Waals surface area (Å²) in [5.41, 5.74) is -0.625. The number of hydrogen-bond acceptors (Lipinski definition) is 3. The summed E-state index contributed by atoms with van der Waals surface area (Å²) in [4.78, 5) is 23.7. The van der Waals surface area contributed by atoms with Crippen LogP contribution in [0.25, 0.3) is 0 Å². The topological polar surface area (TPSA) is 67.4 Å². The van der Waals surface area contributed by atoms with Crippen molar-refractivity contribution < 1.29 is 27.5 Å². The monoisotopic (exact) mass is 400 g/mol. The molecule has 144 valence electrons. The van der Waals surface area contributed by atoms with Gasteiger partial charge in [-0.25, -0.2) is 13.2 Å². The molecule has 0 spiro atoms. The molecule has 2 rings (SSSR count). The molecule has 0 aliphatic carbocycles. The van der Waals surface area contributed by atoms with Gasteiger partial charge in [0.2, 0.25) is 0 Å². The van der Waals surface area contributed by atoms with E-state index in [2.05, 4.69) is 10.6 Å². The summed E-state index contributed by atoms with van der Waals surface area (Å²) < 4.78 is 44.9. The van der Waals surface area contributed by atoms with Crippen molar-refractivity contribution in [2.45, 2.75) is 13.0 Å². The molecule has 1 unspecified atom stereocenters. The number of amides is 2. The van der Waals surface area contributed by atoms with Gasteiger partial charge in [0.05, 0.1) is 5.56 Å². The first-order chi connectivity index (χ1) is 12.8. The molecule has 0 aliphatic rings. The normalized spacial score (nSPS) is 11.6. The highest BCUT2D eigenvalue weighted by atomic mass is 35.5. The van der Waals surface area contributed by atoms with Crippen LogP contribution in [0.4, 0.5) is 13.2 Å². The smallest absolute Gasteiger partial charge is 0.260 e. The molecular weight excluding hydrogens is 385 g/mol. The molecule has 27 heavy (non-hydrogen) atoms. The van der Waals surface area contributed by atoms with Crippen molar-refractivity contribution in [3.63, 3.8) is 0 Å². The van der Waals surface area contributed by atoms with Gasteiger partial charge < -0.3 is 15.4 Å². The standard InChI is InChI=1S/C18H16ClF3N2O3/c1-10(27-12-4-2-11(19)3-5-12)17(25)23-8-9-24-18(26)13-6-7-14(20)16(22)15(13)21/h2-7,10H,8-9H2,1H3,(H,23,25)(H,24,26). The number of halogens is 4. The fourth-order valence-corrected chi connectivity index (χ4v) is 2.20. The summed E-state index contributed by atoms with van der Waals surface area (Å²) >= 11 is 5.76. The third kappa shape index (κ3) is 5.62. The summed E-state index contributed by atoms with van der Waals surface area (Å²) in [6.07, 6.45) is -0.800. The molecule has 0 fully saturated rings. The minimum absolute atomic E-state index is 0.0319. The van der Waals surface area contributed by atoms with Crippen molar-refractivity contribution in [2.75, 3.05) is 13.1 Å². The maximum absolute atomic E-state index is 13.5. The van der Waals surface area contributed by atoms with E-state index >= 15 is 0 Å². The van der Waals surface area contributed by atoms with E-state index in [9.17, 15) is 22.8 Å². The van der Waals surface area contributed by atoms with E-state index < -0.39 is 40.9 Å². The molecule has 2 N–H and O–H groups in total. The molecule has 2 aromatic carbocycles. The van der Waals surface area contributed by atoms with E-state index in [1.54, 1.807) is 31.2 Å². The Morgan fingerprint density at radius 1 is 1.00 bits per heavy atom. The van der Waals surface area contributed by atoms with Crippen molar-refractivity contribution in [1.82, 2.24) is 10.6 Å². The quantitative estimate of drug-likeness (QED) is 0.554. The van der Waals surface area contributed by atoms with E-state index in [-0.39, 0.29) is 13.1 Å². The fraction of sp³-hybridized carbons (Fsp3) is 0.222. The van der Waals surface area contributed by atoms with Crippen molar-refractivity contribution in [3.05, 3.63) is 64.4 Å². The van der Waals surface area contributed by atoms with Gasteiger partial charge in [-0.1, -0.05) is 11.6 Å². The van der Waals surface area contributed by atoms with E-state index in [4.69, 9.17) is 16.3 Å². The Bertz CT molecular complexity index is 831. The lowest BCUT2D eigenvalue weighted by Gasteiger charge is -2.15. The van der Waals surface area contributed by atoms with Gasteiger partial charge in [-0.05, 0) is 43.3 Å². The highest BCUT2D eigenvalue weighted by Gasteiger charge is 2.19. The van der Waals surface area contributed by atoms with E-state index in [0.717, 1.165) is 6.07 Å². The van der Waals surface area contributed by atoms with E-state index in [0.29, 0.717) is 16.8 Å². The first-order valence-electron chi connectivity index (χ1n) is 7.91. The highest BCUT2D eigenvalue weighted by molar-refractivity contribution is 6.30. The molecule has 0 aliphatic heterocycles. The first-order valence-corrected chi connectivity index (χ1v) is 8.29. The Morgan fingerprint density at radius 2 is 1.63 bits per heavy atom. The molecule has 0 radical (unpaired) electrons. The number of hydrogen-bond donors (Lipinski definition) is 2. The number of rotatable bonds is 7. The Balaban J connectivity index is 1.77. The molecule has 5 nitrogen and oxygen atoms in total. The molecule has 0 bridgehead atoms. The summed E-state index contributed by atoms with van der Waals surface area (Å²) in [6, 6.07) is 7.96. The number of ether oxygens (including phenoxy) is 1. The zero-order valence-electron chi connectivity index (χ0n) is 14.2. The Labute approximate surface area is 158 Å². The van der Waals surface area contributed by atoms with E-state index in [1.165, 1.54) is 0 Å². The number of nitrogens with one attached hydrogen (secondary N) is 2. The maximum Gasteiger partial charge on any atom is 0.260 e. The summed E-state index contributed by atoms with van der Waals surface area (Å²) in [5, 5.41) is 5.36. The van der Waals surface area contributed by atoms with Crippen LogP contribution in [-0.2, 0) is 4.79 Å². The van der Waals surface area contributed by atoms with E-state index in [1.807, 2.05) is 0 Å². The molecule has 0 saturated carbocycles. The largest absolute Gasteiger partial charge is 0.481 e. The third-order valence-corrected chi connectivity index (χ3v) is 3.74. The Morgan fingerprint density at radius 3 is 2.30 bits per heavy atom. The number of carbonyl (C=O) groups excluding carboxylic acids is 2. The van der Waals surface area contributed by atoms with Crippen LogP contribution in [0.1, 0.15) is 17.3 Å². The van der Waals surface area contributed by atoms with Crippen LogP contribution >= 0.6 is 11.6 Å². The van der Waals surface area contributed by atoms with Crippen LogP contribution in [-0.4, -0.2) is 31.0 Å². The predicted octanol–water partition coefficient (Wildman–Crippen LogP) is 3.07. The van der Waals surface area contributed by atoms with Crippen LogP contribution in [0.15, 0.2) is 36.4 Å². The molecule has 0 aromatic heterocycles. The zero-order chi connectivity index (χ0) is 20.0. The van der Waals surface area contributed by atoms with Gasteiger partial charge in [-0.15, -0.1) is 0 Å². The second-order valence-corrected chi connectivity index (χ2v) is 5.92. The van der Waals surface area contributed by atoms with Gasteiger partial charge in [-0.2, -0.15) is 0 Å². The third-order valence-electron chi connectivity index (χ3n) is 3.49. The van der Waals surface area contributed by atoms with Crippen LogP contribution in [0.3, 0.4) is 0 Å². The zero-order valence-corrected chi connectivity index (χ0v) is 14.9. The van der Waals surface area contributed by atoms with Crippen LogP contribution < -0.4 is 15.4 Å². The summed E-state index contributed by atoms with van der Waals surface area (Å²) in [7, 11) is 0. The fourth-order valence-electron chi connectivity index (χ4n) is 2.07. The molecular formula is C18H16ClF3N2O3. The molecule has 1 atom stereocenters. The van der Waals surface area contributed by atoms with Gasteiger partial charge in [-0.3, -0.25) is 9.59 Å². The van der Waals surface area contributed by atoms with Crippen molar-refractivity contribution >= 4 is 23.4 Å². The number of benzene rings is 2. The van der Waals surface area contributed by atoms with Gasteiger partial charge >= 0.3 is 0 Å². The van der Waals surface area contributed by atoms with Crippen LogP contribution in [0, 0.1) is 17.5 Å². The highest BCUT2D eigenvalue weighted by Crippen LogP contribution is 2.17. The van der Waals surface area contributed by atoms with Crippen molar-refractivity contribution in [1.29, 1.82) is 0 Å². The predicted molar refractivity (Wildman–Crippen MR) is 93.2 cm³/mol. The lowest BCUT2D eigenvalue weighted by molar-refractivity contribution is -0.127. The lowest BCUT2D eigenvalue weighted by atomic mass is 10.2. The van der Waals surface area contributed by atoms with Crippen molar-refractivity contribution in [2.24, 2.45) is 0 Å². The minimum Gasteiger partial charge on any atom is -0.481 e. The van der Waals surface area contributed by atoms with Gasteiger partial charge in [0, 0.05) is 18.1 Å². The minimum atomic E-state index is -1.72. The summed E-state index contributed by atoms with van der Waals surface area (Å²) in [6.45, 7) is 1.53. The van der Waals surface area contributed by atoms with Crippen molar-refractivity contribution in [3.8, 4) is 5.75 Å². The average molecular weight is 401 g/mol. The molecule has 0 heterocycles. The molecule has 2 amide bonds. The molecule has 0 saturated heterocycles. The second kappa shape index (κ2) is 9.27. The van der Waals surface area contributed by atoms with Gasteiger partial charge in [0.1, 0.15) is 5.75 Å².